The Labute approximate surface area is 146 Å². The van der Waals surface area contributed by atoms with Crippen molar-refractivity contribution < 1.29 is 19.1 Å². The van der Waals surface area contributed by atoms with Gasteiger partial charge >= 0.3 is 5.97 Å². The van der Waals surface area contributed by atoms with Crippen molar-refractivity contribution in [2.75, 3.05) is 18.2 Å². The van der Waals surface area contributed by atoms with E-state index in [-0.39, 0.29) is 5.56 Å². The summed E-state index contributed by atoms with van der Waals surface area (Å²) in [4.78, 5) is 24.6. The summed E-state index contributed by atoms with van der Waals surface area (Å²) in [5.74, 6) is -0.566. The lowest BCUT2D eigenvalue weighted by Gasteiger charge is -2.16. The lowest BCUT2D eigenvalue weighted by atomic mass is 10.1. The standard InChI is InChI=1S/C19H22N2O4/c1-11-8-9-16(24-4)15(10-11)21-18(22)13(3)25-19(23)14-7-5-6-12(2)17(14)20/h5-10,13H,20H2,1-4H3,(H,21,22)/t13-/m0/s1. The van der Waals surface area contributed by atoms with Gasteiger partial charge in [0.25, 0.3) is 5.91 Å². The maximum atomic E-state index is 12.3. The second-order valence-corrected chi connectivity index (χ2v) is 5.78. The van der Waals surface area contributed by atoms with Crippen molar-refractivity contribution in [3.05, 3.63) is 53.1 Å². The molecule has 0 heterocycles. The zero-order chi connectivity index (χ0) is 18.6. The van der Waals surface area contributed by atoms with E-state index in [2.05, 4.69) is 5.32 Å². The normalized spacial score (nSPS) is 11.5. The van der Waals surface area contributed by atoms with Crippen LogP contribution in [0.2, 0.25) is 0 Å². The first-order valence-corrected chi connectivity index (χ1v) is 7.85. The molecule has 0 radical (unpaired) electrons. The second-order valence-electron chi connectivity index (χ2n) is 5.78. The van der Waals surface area contributed by atoms with Gasteiger partial charge in [-0.2, -0.15) is 0 Å². The van der Waals surface area contributed by atoms with E-state index in [0.29, 0.717) is 17.1 Å². The number of amides is 1. The van der Waals surface area contributed by atoms with Crippen LogP contribution in [0.1, 0.15) is 28.4 Å². The molecule has 0 aliphatic rings. The SMILES string of the molecule is COc1ccc(C)cc1NC(=O)[C@H](C)OC(=O)c1cccc(C)c1N. The van der Waals surface area contributed by atoms with Gasteiger partial charge in [0.2, 0.25) is 0 Å². The van der Waals surface area contributed by atoms with Crippen LogP contribution in [0.5, 0.6) is 5.75 Å². The molecule has 0 saturated heterocycles. The zero-order valence-corrected chi connectivity index (χ0v) is 14.8. The van der Waals surface area contributed by atoms with Gasteiger partial charge in [0, 0.05) is 5.69 Å². The topological polar surface area (TPSA) is 90.6 Å². The largest absolute Gasteiger partial charge is 0.495 e. The monoisotopic (exact) mass is 342 g/mol. The van der Waals surface area contributed by atoms with E-state index in [1.165, 1.54) is 14.0 Å². The van der Waals surface area contributed by atoms with Gasteiger partial charge in [0.05, 0.1) is 18.4 Å². The first kappa shape index (κ1) is 18.3. The first-order valence-electron chi connectivity index (χ1n) is 7.85. The summed E-state index contributed by atoms with van der Waals surface area (Å²) >= 11 is 0. The fourth-order valence-corrected chi connectivity index (χ4v) is 2.29. The molecule has 0 unspecified atom stereocenters. The van der Waals surface area contributed by atoms with Crippen LogP contribution in [0.15, 0.2) is 36.4 Å². The lowest BCUT2D eigenvalue weighted by Crippen LogP contribution is -2.30. The van der Waals surface area contributed by atoms with Crippen LogP contribution >= 0.6 is 0 Å². The highest BCUT2D eigenvalue weighted by Crippen LogP contribution is 2.25. The van der Waals surface area contributed by atoms with Crippen molar-refractivity contribution in [1.29, 1.82) is 0 Å². The van der Waals surface area contributed by atoms with Crippen LogP contribution < -0.4 is 15.8 Å². The number of aryl methyl sites for hydroxylation is 2. The van der Waals surface area contributed by atoms with Crippen molar-refractivity contribution in [3.63, 3.8) is 0 Å². The molecular weight excluding hydrogens is 320 g/mol. The van der Waals surface area contributed by atoms with E-state index in [4.69, 9.17) is 15.2 Å². The van der Waals surface area contributed by atoms with Crippen LogP contribution in [0, 0.1) is 13.8 Å². The number of nitrogen functional groups attached to an aromatic ring is 1. The molecule has 0 spiro atoms. The third-order valence-corrected chi connectivity index (χ3v) is 3.81. The van der Waals surface area contributed by atoms with Crippen LogP contribution in [0.4, 0.5) is 11.4 Å². The van der Waals surface area contributed by atoms with Gasteiger partial charge in [-0.15, -0.1) is 0 Å². The molecule has 0 bridgehead atoms. The Kier molecular flexibility index (Phi) is 5.64. The highest BCUT2D eigenvalue weighted by atomic mass is 16.5. The van der Waals surface area contributed by atoms with E-state index in [1.807, 2.05) is 13.0 Å². The maximum absolute atomic E-state index is 12.3. The zero-order valence-electron chi connectivity index (χ0n) is 14.8. The van der Waals surface area contributed by atoms with Gasteiger partial charge in [-0.3, -0.25) is 4.79 Å². The number of rotatable bonds is 5. The Morgan fingerprint density at radius 3 is 2.56 bits per heavy atom. The maximum Gasteiger partial charge on any atom is 0.341 e. The number of nitrogens with one attached hydrogen (secondary N) is 1. The summed E-state index contributed by atoms with van der Waals surface area (Å²) in [6.45, 7) is 5.20. The van der Waals surface area contributed by atoms with Crippen molar-refractivity contribution in [3.8, 4) is 5.75 Å². The average molecular weight is 342 g/mol. The number of hydrogen-bond donors (Lipinski definition) is 2. The summed E-state index contributed by atoms with van der Waals surface area (Å²) in [7, 11) is 1.52. The van der Waals surface area contributed by atoms with Crippen molar-refractivity contribution in [2.45, 2.75) is 26.9 Å². The molecule has 3 N–H and O–H groups in total. The minimum Gasteiger partial charge on any atom is -0.495 e. The number of esters is 1. The number of anilines is 2. The molecule has 6 nitrogen and oxygen atoms in total. The Bertz CT molecular complexity index is 802. The molecule has 1 atom stereocenters. The first-order chi connectivity index (χ1) is 11.8. The number of methoxy groups -OCH3 is 1. The van der Waals surface area contributed by atoms with Gasteiger partial charge in [0.1, 0.15) is 5.75 Å². The average Bonchev–Trinajstić information content (AvgIpc) is 2.57. The third kappa shape index (κ3) is 4.29. The molecule has 0 aliphatic heterocycles. The fourth-order valence-electron chi connectivity index (χ4n) is 2.29. The molecule has 25 heavy (non-hydrogen) atoms. The Balaban J connectivity index is 2.09. The Hall–Kier alpha value is -3.02. The van der Waals surface area contributed by atoms with Gasteiger partial charge in [0.15, 0.2) is 6.10 Å². The molecule has 2 rings (SSSR count). The summed E-state index contributed by atoms with van der Waals surface area (Å²) in [6.07, 6.45) is -0.988. The fraction of sp³-hybridized carbons (Fsp3) is 0.263. The minimum absolute atomic E-state index is 0.243. The van der Waals surface area contributed by atoms with E-state index >= 15 is 0 Å². The van der Waals surface area contributed by atoms with E-state index in [0.717, 1.165) is 11.1 Å². The van der Waals surface area contributed by atoms with Crippen molar-refractivity contribution in [2.24, 2.45) is 0 Å². The van der Waals surface area contributed by atoms with Crippen LogP contribution in [0.3, 0.4) is 0 Å². The van der Waals surface area contributed by atoms with Gasteiger partial charge in [-0.05, 0) is 50.1 Å². The quantitative estimate of drug-likeness (QED) is 0.644. The van der Waals surface area contributed by atoms with Crippen molar-refractivity contribution >= 4 is 23.3 Å². The smallest absolute Gasteiger partial charge is 0.341 e. The van der Waals surface area contributed by atoms with Gasteiger partial charge in [-0.25, -0.2) is 4.79 Å². The number of carbonyl (C=O) groups excluding carboxylic acids is 2. The molecule has 0 aliphatic carbocycles. The highest BCUT2D eigenvalue weighted by Gasteiger charge is 2.21. The number of hydrogen-bond acceptors (Lipinski definition) is 5. The summed E-state index contributed by atoms with van der Waals surface area (Å²) in [6, 6.07) is 10.5. The predicted octanol–water partition coefficient (Wildman–Crippen LogP) is 3.08. The molecule has 0 saturated carbocycles. The molecule has 2 aromatic carbocycles. The van der Waals surface area contributed by atoms with E-state index < -0.39 is 18.0 Å². The van der Waals surface area contributed by atoms with Gasteiger partial charge < -0.3 is 20.5 Å². The highest BCUT2D eigenvalue weighted by molar-refractivity contribution is 6.00. The molecular formula is C19H22N2O4. The number of nitrogens with two attached hydrogens (primary N) is 1. The molecule has 0 fully saturated rings. The number of ether oxygens (including phenoxy) is 2. The Morgan fingerprint density at radius 1 is 1.16 bits per heavy atom. The Morgan fingerprint density at radius 2 is 1.88 bits per heavy atom. The summed E-state index contributed by atoms with van der Waals surface area (Å²) in [5, 5.41) is 2.71. The summed E-state index contributed by atoms with van der Waals surface area (Å²) in [5.41, 5.74) is 8.75. The number of carbonyl (C=O) groups is 2. The molecule has 132 valence electrons. The van der Waals surface area contributed by atoms with Crippen LogP contribution in [0.25, 0.3) is 0 Å². The number of para-hydroxylation sites is 1. The molecule has 1 amide bonds. The predicted molar refractivity (Wildman–Crippen MR) is 96.8 cm³/mol. The van der Waals surface area contributed by atoms with Crippen LogP contribution in [-0.4, -0.2) is 25.1 Å². The second kappa shape index (κ2) is 7.70. The molecule has 2 aromatic rings. The third-order valence-electron chi connectivity index (χ3n) is 3.81. The lowest BCUT2D eigenvalue weighted by molar-refractivity contribution is -0.123. The molecule has 6 heteroatoms. The van der Waals surface area contributed by atoms with Crippen LogP contribution in [-0.2, 0) is 9.53 Å². The van der Waals surface area contributed by atoms with Crippen molar-refractivity contribution in [1.82, 2.24) is 0 Å². The van der Waals surface area contributed by atoms with E-state index in [9.17, 15) is 9.59 Å². The number of benzene rings is 2. The summed E-state index contributed by atoms with van der Waals surface area (Å²) < 4.78 is 10.5. The van der Waals surface area contributed by atoms with Gasteiger partial charge in [-0.1, -0.05) is 18.2 Å². The van der Waals surface area contributed by atoms with E-state index in [1.54, 1.807) is 37.3 Å². The molecule has 0 aromatic heterocycles. The minimum atomic E-state index is -0.988.